The molecule has 1 aromatic heterocycles. The zero-order valence-electron chi connectivity index (χ0n) is 11.6. The molecular weight excluding hydrogens is 274 g/mol. The smallest absolute Gasteiger partial charge is 0.244 e. The van der Waals surface area contributed by atoms with Crippen LogP contribution in [0.4, 0.5) is 11.8 Å². The number of rotatable bonds is 6. The Hall–Kier alpha value is -1.88. The fourth-order valence-electron chi connectivity index (χ4n) is 1.71. The van der Waals surface area contributed by atoms with Crippen LogP contribution in [0.25, 0.3) is 0 Å². The summed E-state index contributed by atoms with van der Waals surface area (Å²) in [5.41, 5.74) is 1.21. The van der Waals surface area contributed by atoms with Crippen LogP contribution in [0.15, 0.2) is 30.5 Å². The second-order valence-corrected chi connectivity index (χ2v) is 5.20. The average Bonchev–Trinajstić information content (AvgIpc) is 2.41. The van der Waals surface area contributed by atoms with Crippen LogP contribution in [0, 0.1) is 0 Å². The second-order valence-electron chi connectivity index (χ2n) is 4.77. The van der Waals surface area contributed by atoms with Crippen molar-refractivity contribution in [3.05, 3.63) is 41.0 Å². The first-order valence-electron chi connectivity index (χ1n) is 6.58. The van der Waals surface area contributed by atoms with Gasteiger partial charge in [0.2, 0.25) is 5.95 Å². The van der Waals surface area contributed by atoms with E-state index in [1.165, 1.54) is 5.56 Å². The standard InChI is InChI=1S/C14H18ClN5/c1-10(2)18-13-9-17-20-14(19-13)16-8-7-11-3-5-12(15)6-4-11/h3-6,9-10H,7-8H2,1-2H3,(H2,16,18,19,20). The lowest BCUT2D eigenvalue weighted by Gasteiger charge is -2.09. The summed E-state index contributed by atoms with van der Waals surface area (Å²) in [7, 11) is 0. The van der Waals surface area contributed by atoms with Crippen molar-refractivity contribution < 1.29 is 0 Å². The summed E-state index contributed by atoms with van der Waals surface area (Å²) in [6, 6.07) is 8.12. The van der Waals surface area contributed by atoms with E-state index in [-0.39, 0.29) is 0 Å². The fourth-order valence-corrected chi connectivity index (χ4v) is 1.84. The molecule has 0 amide bonds. The van der Waals surface area contributed by atoms with Crippen LogP contribution in [0.1, 0.15) is 19.4 Å². The SMILES string of the molecule is CC(C)Nc1cnnc(NCCc2ccc(Cl)cc2)n1. The number of aromatic nitrogens is 3. The predicted octanol–water partition coefficient (Wildman–Crippen LogP) is 3.00. The van der Waals surface area contributed by atoms with Crippen molar-refractivity contribution in [3.8, 4) is 0 Å². The first kappa shape index (κ1) is 14.5. The Morgan fingerprint density at radius 3 is 2.65 bits per heavy atom. The fraction of sp³-hybridized carbons (Fsp3) is 0.357. The number of hydrogen-bond acceptors (Lipinski definition) is 5. The Labute approximate surface area is 123 Å². The van der Waals surface area contributed by atoms with Crippen molar-refractivity contribution in [2.45, 2.75) is 26.3 Å². The molecule has 2 rings (SSSR count). The summed E-state index contributed by atoms with van der Waals surface area (Å²) in [6.07, 6.45) is 2.49. The molecule has 5 nitrogen and oxygen atoms in total. The molecule has 0 aliphatic carbocycles. The molecule has 2 aromatic rings. The van der Waals surface area contributed by atoms with Crippen LogP contribution >= 0.6 is 11.6 Å². The van der Waals surface area contributed by atoms with E-state index in [4.69, 9.17) is 11.6 Å². The van der Waals surface area contributed by atoms with Crippen molar-refractivity contribution >= 4 is 23.4 Å². The molecule has 0 saturated heterocycles. The van der Waals surface area contributed by atoms with E-state index in [9.17, 15) is 0 Å². The molecule has 6 heteroatoms. The molecular formula is C14H18ClN5. The minimum absolute atomic E-state index is 0.314. The van der Waals surface area contributed by atoms with Gasteiger partial charge in [0, 0.05) is 17.6 Å². The van der Waals surface area contributed by atoms with Gasteiger partial charge >= 0.3 is 0 Å². The number of hydrogen-bond donors (Lipinski definition) is 2. The van der Waals surface area contributed by atoms with Crippen LogP contribution in [-0.2, 0) is 6.42 Å². The summed E-state index contributed by atoms with van der Waals surface area (Å²) < 4.78 is 0. The van der Waals surface area contributed by atoms with E-state index in [2.05, 4.69) is 39.7 Å². The molecule has 2 N–H and O–H groups in total. The molecule has 0 aliphatic heterocycles. The third kappa shape index (κ3) is 4.66. The molecule has 1 heterocycles. The monoisotopic (exact) mass is 291 g/mol. The van der Waals surface area contributed by atoms with Gasteiger partial charge in [-0.15, -0.1) is 5.10 Å². The van der Waals surface area contributed by atoms with Gasteiger partial charge in [-0.1, -0.05) is 23.7 Å². The lowest BCUT2D eigenvalue weighted by molar-refractivity contribution is 0.866. The largest absolute Gasteiger partial charge is 0.366 e. The molecule has 0 spiro atoms. The summed E-state index contributed by atoms with van der Waals surface area (Å²) in [6.45, 7) is 4.85. The average molecular weight is 292 g/mol. The summed E-state index contributed by atoms with van der Waals surface area (Å²) in [4.78, 5) is 4.34. The Bertz CT molecular complexity index is 542. The zero-order chi connectivity index (χ0) is 14.4. The maximum Gasteiger partial charge on any atom is 0.244 e. The molecule has 0 saturated carbocycles. The third-order valence-corrected chi connectivity index (χ3v) is 2.86. The van der Waals surface area contributed by atoms with E-state index in [0.29, 0.717) is 12.0 Å². The van der Waals surface area contributed by atoms with Crippen molar-refractivity contribution in [1.29, 1.82) is 0 Å². The van der Waals surface area contributed by atoms with Crippen molar-refractivity contribution in [1.82, 2.24) is 15.2 Å². The lowest BCUT2D eigenvalue weighted by Crippen LogP contribution is -2.14. The first-order chi connectivity index (χ1) is 9.63. The van der Waals surface area contributed by atoms with Gasteiger partial charge in [0.05, 0.1) is 6.20 Å². The first-order valence-corrected chi connectivity index (χ1v) is 6.96. The summed E-state index contributed by atoms with van der Waals surface area (Å²) in [5, 5.41) is 15.0. The molecule has 0 bridgehead atoms. The maximum atomic E-state index is 5.85. The number of nitrogens with zero attached hydrogens (tertiary/aromatic N) is 3. The quantitative estimate of drug-likeness (QED) is 0.856. The Balaban J connectivity index is 1.86. The van der Waals surface area contributed by atoms with Crippen LogP contribution < -0.4 is 10.6 Å². The highest BCUT2D eigenvalue weighted by molar-refractivity contribution is 6.30. The lowest BCUT2D eigenvalue weighted by atomic mass is 10.1. The van der Waals surface area contributed by atoms with E-state index < -0.39 is 0 Å². The van der Waals surface area contributed by atoms with Gasteiger partial charge in [0.1, 0.15) is 0 Å². The topological polar surface area (TPSA) is 62.7 Å². The molecule has 0 radical (unpaired) electrons. The predicted molar refractivity (Wildman–Crippen MR) is 82.2 cm³/mol. The van der Waals surface area contributed by atoms with Gasteiger partial charge in [-0.05, 0) is 38.0 Å². The minimum atomic E-state index is 0.314. The molecule has 0 fully saturated rings. The Morgan fingerprint density at radius 2 is 1.95 bits per heavy atom. The van der Waals surface area contributed by atoms with Gasteiger partial charge in [0.25, 0.3) is 0 Å². The highest BCUT2D eigenvalue weighted by Gasteiger charge is 2.01. The number of nitrogens with one attached hydrogen (secondary N) is 2. The number of anilines is 2. The molecule has 20 heavy (non-hydrogen) atoms. The van der Waals surface area contributed by atoms with Crippen LogP contribution in [0.3, 0.4) is 0 Å². The molecule has 0 unspecified atom stereocenters. The third-order valence-electron chi connectivity index (χ3n) is 2.61. The van der Waals surface area contributed by atoms with Crippen molar-refractivity contribution in [2.24, 2.45) is 0 Å². The molecule has 0 atom stereocenters. The van der Waals surface area contributed by atoms with E-state index in [1.54, 1.807) is 6.20 Å². The minimum Gasteiger partial charge on any atom is -0.366 e. The van der Waals surface area contributed by atoms with Crippen LogP contribution in [-0.4, -0.2) is 27.8 Å². The highest BCUT2D eigenvalue weighted by Crippen LogP contribution is 2.10. The Morgan fingerprint density at radius 1 is 1.20 bits per heavy atom. The Kier molecular flexibility index (Phi) is 5.12. The van der Waals surface area contributed by atoms with E-state index >= 15 is 0 Å². The van der Waals surface area contributed by atoms with Gasteiger partial charge in [-0.3, -0.25) is 0 Å². The maximum absolute atomic E-state index is 5.85. The number of halogens is 1. The molecule has 1 aromatic carbocycles. The summed E-state index contributed by atoms with van der Waals surface area (Å²) >= 11 is 5.85. The normalized spacial score (nSPS) is 10.6. The van der Waals surface area contributed by atoms with Crippen LogP contribution in [0.2, 0.25) is 5.02 Å². The van der Waals surface area contributed by atoms with Gasteiger partial charge in [-0.2, -0.15) is 10.1 Å². The van der Waals surface area contributed by atoms with Gasteiger partial charge in [-0.25, -0.2) is 0 Å². The van der Waals surface area contributed by atoms with Crippen LogP contribution in [0.5, 0.6) is 0 Å². The van der Waals surface area contributed by atoms with Crippen molar-refractivity contribution in [2.75, 3.05) is 17.2 Å². The number of benzene rings is 1. The molecule has 106 valence electrons. The van der Waals surface area contributed by atoms with Crippen molar-refractivity contribution in [3.63, 3.8) is 0 Å². The van der Waals surface area contributed by atoms with E-state index in [0.717, 1.165) is 23.8 Å². The summed E-state index contributed by atoms with van der Waals surface area (Å²) in [5.74, 6) is 1.26. The van der Waals surface area contributed by atoms with E-state index in [1.807, 2.05) is 24.3 Å². The van der Waals surface area contributed by atoms with Gasteiger partial charge in [0.15, 0.2) is 5.82 Å². The molecule has 0 aliphatic rings. The second kappa shape index (κ2) is 7.05. The zero-order valence-corrected chi connectivity index (χ0v) is 12.4. The highest BCUT2D eigenvalue weighted by atomic mass is 35.5. The van der Waals surface area contributed by atoms with Gasteiger partial charge < -0.3 is 10.6 Å².